The number of ether oxygens (including phenoxy) is 1. The van der Waals surface area contributed by atoms with Crippen molar-refractivity contribution in [3.63, 3.8) is 0 Å². The molecule has 19 heavy (non-hydrogen) atoms. The highest BCUT2D eigenvalue weighted by Crippen LogP contribution is 2.27. The highest BCUT2D eigenvalue weighted by Gasteiger charge is 2.18. The largest absolute Gasteiger partial charge is 0.497 e. The monoisotopic (exact) mass is 256 g/mol. The van der Waals surface area contributed by atoms with Gasteiger partial charge >= 0.3 is 0 Å². The van der Waals surface area contributed by atoms with E-state index in [1.54, 1.807) is 31.4 Å². The van der Waals surface area contributed by atoms with Crippen LogP contribution in [0.2, 0.25) is 0 Å². The number of nitriles is 1. The van der Waals surface area contributed by atoms with Crippen LogP contribution >= 0.6 is 0 Å². The predicted molar refractivity (Wildman–Crippen MR) is 72.7 cm³/mol. The number of amides is 1. The fourth-order valence-corrected chi connectivity index (χ4v) is 2.21. The summed E-state index contributed by atoms with van der Waals surface area (Å²) in [7, 11) is 1.59. The summed E-state index contributed by atoms with van der Waals surface area (Å²) in [5, 5.41) is 11.9. The molecule has 1 fully saturated rings. The van der Waals surface area contributed by atoms with Gasteiger partial charge in [0.25, 0.3) is 5.91 Å². The van der Waals surface area contributed by atoms with Gasteiger partial charge in [-0.2, -0.15) is 5.26 Å². The normalized spacial score (nSPS) is 13.8. The lowest BCUT2D eigenvalue weighted by Gasteiger charge is -2.07. The lowest BCUT2D eigenvalue weighted by molar-refractivity contribution is -0.112. The Labute approximate surface area is 112 Å². The molecule has 0 bridgehead atoms. The molecule has 1 aromatic rings. The molecule has 1 saturated carbocycles. The zero-order valence-electron chi connectivity index (χ0n) is 10.9. The standard InChI is InChI=1S/C15H16N2O2/c1-19-13-8-6-12(7-9-13)17-15(18)14(10-16)11-4-2-3-5-11/h6-9H,2-5H2,1H3,(H,17,18). The van der Waals surface area contributed by atoms with Crippen molar-refractivity contribution in [2.45, 2.75) is 25.7 Å². The Morgan fingerprint density at radius 2 is 1.89 bits per heavy atom. The van der Waals surface area contributed by atoms with E-state index in [0.717, 1.165) is 37.0 Å². The molecule has 98 valence electrons. The molecule has 1 aromatic carbocycles. The number of nitrogens with zero attached hydrogens (tertiary/aromatic N) is 1. The highest BCUT2D eigenvalue weighted by molar-refractivity contribution is 6.07. The molecule has 0 aliphatic heterocycles. The van der Waals surface area contributed by atoms with E-state index >= 15 is 0 Å². The zero-order valence-corrected chi connectivity index (χ0v) is 10.9. The SMILES string of the molecule is COc1ccc(NC(=O)C(C#N)=C2CCCC2)cc1. The van der Waals surface area contributed by atoms with Crippen LogP contribution < -0.4 is 10.1 Å². The molecule has 0 spiro atoms. The Balaban J connectivity index is 2.11. The van der Waals surface area contributed by atoms with Gasteiger partial charge in [0.05, 0.1) is 7.11 Å². The molecule has 4 nitrogen and oxygen atoms in total. The van der Waals surface area contributed by atoms with Crippen LogP contribution in [0.1, 0.15) is 25.7 Å². The van der Waals surface area contributed by atoms with Crippen LogP contribution in [-0.2, 0) is 4.79 Å². The van der Waals surface area contributed by atoms with E-state index < -0.39 is 0 Å². The topological polar surface area (TPSA) is 62.1 Å². The second kappa shape index (κ2) is 6.05. The van der Waals surface area contributed by atoms with Gasteiger partial charge in [0, 0.05) is 5.69 Å². The maximum Gasteiger partial charge on any atom is 0.266 e. The van der Waals surface area contributed by atoms with Crippen molar-refractivity contribution in [2.75, 3.05) is 12.4 Å². The maximum absolute atomic E-state index is 12.1. The number of methoxy groups -OCH3 is 1. The zero-order chi connectivity index (χ0) is 13.7. The number of nitrogens with one attached hydrogen (secondary N) is 1. The number of benzene rings is 1. The van der Waals surface area contributed by atoms with Crippen molar-refractivity contribution >= 4 is 11.6 Å². The minimum atomic E-state index is -0.315. The summed E-state index contributed by atoms with van der Waals surface area (Å²) in [6.45, 7) is 0. The lowest BCUT2D eigenvalue weighted by atomic mass is 10.1. The Bertz CT molecular complexity index is 530. The van der Waals surface area contributed by atoms with E-state index in [0.29, 0.717) is 5.69 Å². The third-order valence-corrected chi connectivity index (χ3v) is 3.25. The summed E-state index contributed by atoms with van der Waals surface area (Å²) < 4.78 is 5.05. The van der Waals surface area contributed by atoms with Crippen LogP contribution in [0.4, 0.5) is 5.69 Å². The summed E-state index contributed by atoms with van der Waals surface area (Å²) in [6, 6.07) is 9.08. The van der Waals surface area contributed by atoms with Gasteiger partial charge in [-0.05, 0) is 55.5 Å². The molecule has 0 aromatic heterocycles. The summed E-state index contributed by atoms with van der Waals surface area (Å²) in [5.74, 6) is 0.414. The molecule has 1 N–H and O–H groups in total. The molecule has 0 heterocycles. The van der Waals surface area contributed by atoms with Crippen molar-refractivity contribution in [3.8, 4) is 11.8 Å². The van der Waals surface area contributed by atoms with Gasteiger partial charge in [0.1, 0.15) is 17.4 Å². The Kier molecular flexibility index (Phi) is 4.19. The molecule has 1 aliphatic carbocycles. The quantitative estimate of drug-likeness (QED) is 0.668. The molecular weight excluding hydrogens is 240 g/mol. The van der Waals surface area contributed by atoms with E-state index in [1.807, 2.05) is 6.07 Å². The van der Waals surface area contributed by atoms with Crippen LogP contribution in [0.25, 0.3) is 0 Å². The van der Waals surface area contributed by atoms with Gasteiger partial charge in [-0.3, -0.25) is 4.79 Å². The molecule has 4 heteroatoms. The fourth-order valence-electron chi connectivity index (χ4n) is 2.21. The van der Waals surface area contributed by atoms with E-state index in [-0.39, 0.29) is 11.5 Å². The van der Waals surface area contributed by atoms with Gasteiger partial charge in [-0.1, -0.05) is 0 Å². The van der Waals surface area contributed by atoms with Gasteiger partial charge in [-0.15, -0.1) is 0 Å². The number of carbonyl (C=O) groups excluding carboxylic acids is 1. The van der Waals surface area contributed by atoms with Crippen molar-refractivity contribution < 1.29 is 9.53 Å². The van der Waals surface area contributed by atoms with Gasteiger partial charge in [0.2, 0.25) is 0 Å². The van der Waals surface area contributed by atoms with Crippen LogP contribution in [0.5, 0.6) is 5.75 Å². The molecule has 0 radical (unpaired) electrons. The van der Waals surface area contributed by atoms with Crippen LogP contribution in [0.15, 0.2) is 35.4 Å². The maximum atomic E-state index is 12.1. The molecule has 0 saturated heterocycles. The highest BCUT2D eigenvalue weighted by atomic mass is 16.5. The van der Waals surface area contributed by atoms with Crippen LogP contribution in [-0.4, -0.2) is 13.0 Å². The van der Waals surface area contributed by atoms with Gasteiger partial charge in [0.15, 0.2) is 0 Å². The predicted octanol–water partition coefficient (Wildman–Crippen LogP) is 3.03. The molecule has 2 rings (SSSR count). The first kappa shape index (κ1) is 13.2. The molecule has 1 aliphatic rings. The smallest absolute Gasteiger partial charge is 0.266 e. The van der Waals surface area contributed by atoms with E-state index in [1.165, 1.54) is 0 Å². The average molecular weight is 256 g/mol. The lowest BCUT2D eigenvalue weighted by Crippen LogP contribution is -2.14. The van der Waals surface area contributed by atoms with Crippen LogP contribution in [0, 0.1) is 11.3 Å². The van der Waals surface area contributed by atoms with Crippen molar-refractivity contribution in [2.24, 2.45) is 0 Å². The van der Waals surface area contributed by atoms with Crippen molar-refractivity contribution in [1.82, 2.24) is 0 Å². The summed E-state index contributed by atoms with van der Waals surface area (Å²) >= 11 is 0. The Hall–Kier alpha value is -2.28. The van der Waals surface area contributed by atoms with E-state index in [4.69, 9.17) is 10.00 Å². The first-order chi connectivity index (χ1) is 9.24. The summed E-state index contributed by atoms with van der Waals surface area (Å²) in [4.78, 5) is 12.1. The third kappa shape index (κ3) is 3.14. The third-order valence-electron chi connectivity index (χ3n) is 3.25. The summed E-state index contributed by atoms with van der Waals surface area (Å²) in [5.41, 5.74) is 1.92. The number of rotatable bonds is 3. The van der Waals surface area contributed by atoms with Gasteiger partial charge < -0.3 is 10.1 Å². The Morgan fingerprint density at radius 1 is 1.26 bits per heavy atom. The number of hydrogen-bond acceptors (Lipinski definition) is 3. The van der Waals surface area contributed by atoms with Crippen LogP contribution in [0.3, 0.4) is 0 Å². The average Bonchev–Trinajstić information content (AvgIpc) is 2.94. The first-order valence-electron chi connectivity index (χ1n) is 6.32. The van der Waals surface area contributed by atoms with Gasteiger partial charge in [-0.25, -0.2) is 0 Å². The number of hydrogen-bond donors (Lipinski definition) is 1. The van der Waals surface area contributed by atoms with Crippen molar-refractivity contribution in [1.29, 1.82) is 5.26 Å². The second-order valence-corrected chi connectivity index (χ2v) is 4.48. The number of anilines is 1. The molecule has 0 atom stereocenters. The summed E-state index contributed by atoms with van der Waals surface area (Å²) in [6.07, 6.45) is 3.85. The Morgan fingerprint density at radius 3 is 2.42 bits per heavy atom. The molecule has 0 unspecified atom stereocenters. The van der Waals surface area contributed by atoms with Crippen molar-refractivity contribution in [3.05, 3.63) is 35.4 Å². The first-order valence-corrected chi connectivity index (χ1v) is 6.32. The fraction of sp³-hybridized carbons (Fsp3) is 0.333. The molecular formula is C15H16N2O2. The van der Waals surface area contributed by atoms with E-state index in [2.05, 4.69) is 5.32 Å². The molecule has 1 amide bonds. The minimum Gasteiger partial charge on any atom is -0.497 e. The second-order valence-electron chi connectivity index (χ2n) is 4.48. The number of allylic oxidation sites excluding steroid dienone is 1. The van der Waals surface area contributed by atoms with E-state index in [9.17, 15) is 4.79 Å². The number of carbonyl (C=O) groups is 1. The minimum absolute atomic E-state index is 0.272.